The number of rotatable bonds is 13. The number of methoxy groups -OCH3 is 1. The monoisotopic (exact) mass is 364 g/mol. The molecule has 1 aromatic rings. The van der Waals surface area contributed by atoms with Crippen LogP contribution in [0.4, 0.5) is 0 Å². The van der Waals surface area contributed by atoms with Crippen molar-refractivity contribution in [2.45, 2.75) is 66.2 Å². The smallest absolute Gasteiger partial charge is 0.337 e. The van der Waals surface area contributed by atoms with Crippen LogP contribution in [0.2, 0.25) is 0 Å². The van der Waals surface area contributed by atoms with Gasteiger partial charge in [-0.3, -0.25) is 0 Å². The summed E-state index contributed by atoms with van der Waals surface area (Å²) in [4.78, 5) is 11.9. The van der Waals surface area contributed by atoms with E-state index in [2.05, 4.69) is 27.7 Å². The summed E-state index contributed by atoms with van der Waals surface area (Å²) in [5.41, 5.74) is 0.485. The van der Waals surface area contributed by atoms with Crippen molar-refractivity contribution >= 4 is 5.97 Å². The van der Waals surface area contributed by atoms with Gasteiger partial charge in [-0.1, -0.05) is 53.4 Å². The van der Waals surface area contributed by atoms with E-state index in [0.29, 0.717) is 42.1 Å². The molecule has 148 valence electrons. The minimum atomic E-state index is -0.362. The predicted octanol–water partition coefficient (Wildman–Crippen LogP) is 5.88. The lowest BCUT2D eigenvalue weighted by Crippen LogP contribution is -2.14. The van der Waals surface area contributed by atoms with Crippen LogP contribution in [0.3, 0.4) is 0 Å². The number of esters is 1. The standard InChI is InChI=1S/C22H36O4/c1-6-10-17(8-3)15-25-20-13-12-19(22(23)24-5)14-21(20)26-16-18(9-4)11-7-2/h12-14,17-18H,6-11,15-16H2,1-5H3. The van der Waals surface area contributed by atoms with E-state index in [1.54, 1.807) is 12.1 Å². The van der Waals surface area contributed by atoms with E-state index in [-0.39, 0.29) is 5.97 Å². The minimum absolute atomic E-state index is 0.362. The maximum atomic E-state index is 11.9. The van der Waals surface area contributed by atoms with E-state index in [0.717, 1.165) is 38.5 Å². The van der Waals surface area contributed by atoms with Crippen molar-refractivity contribution in [3.05, 3.63) is 23.8 Å². The number of benzene rings is 1. The fourth-order valence-electron chi connectivity index (χ4n) is 3.03. The molecule has 1 rings (SSSR count). The van der Waals surface area contributed by atoms with Crippen LogP contribution in [-0.4, -0.2) is 26.3 Å². The first-order chi connectivity index (χ1) is 12.6. The molecule has 0 saturated carbocycles. The van der Waals surface area contributed by atoms with Gasteiger partial charge in [-0.05, 0) is 42.9 Å². The molecule has 2 atom stereocenters. The Hall–Kier alpha value is -1.71. The zero-order chi connectivity index (χ0) is 19.4. The Balaban J connectivity index is 2.90. The average Bonchev–Trinajstić information content (AvgIpc) is 2.67. The lowest BCUT2D eigenvalue weighted by Gasteiger charge is -2.20. The molecule has 0 spiro atoms. The molecule has 4 nitrogen and oxygen atoms in total. The summed E-state index contributed by atoms with van der Waals surface area (Å²) >= 11 is 0. The topological polar surface area (TPSA) is 44.8 Å². The number of ether oxygens (including phenoxy) is 3. The SMILES string of the molecule is CCCC(CC)COc1ccc(C(=O)OC)cc1OCC(CC)CCC. The van der Waals surface area contributed by atoms with Crippen molar-refractivity contribution < 1.29 is 19.0 Å². The van der Waals surface area contributed by atoms with Gasteiger partial charge in [0.1, 0.15) is 0 Å². The van der Waals surface area contributed by atoms with Crippen LogP contribution in [0, 0.1) is 11.8 Å². The van der Waals surface area contributed by atoms with Gasteiger partial charge in [0.15, 0.2) is 11.5 Å². The molecule has 0 heterocycles. The van der Waals surface area contributed by atoms with Gasteiger partial charge in [-0.15, -0.1) is 0 Å². The molecule has 4 heteroatoms. The molecule has 0 fully saturated rings. The highest BCUT2D eigenvalue weighted by atomic mass is 16.5. The van der Waals surface area contributed by atoms with Crippen LogP contribution in [0.25, 0.3) is 0 Å². The van der Waals surface area contributed by atoms with Crippen LogP contribution in [0.5, 0.6) is 11.5 Å². The Morgan fingerprint density at radius 2 is 1.42 bits per heavy atom. The summed E-state index contributed by atoms with van der Waals surface area (Å²) < 4.78 is 17.0. The quantitative estimate of drug-likeness (QED) is 0.410. The summed E-state index contributed by atoms with van der Waals surface area (Å²) in [6, 6.07) is 5.29. The highest BCUT2D eigenvalue weighted by Gasteiger charge is 2.15. The molecule has 26 heavy (non-hydrogen) atoms. The van der Waals surface area contributed by atoms with E-state index in [9.17, 15) is 4.79 Å². The lowest BCUT2D eigenvalue weighted by atomic mass is 10.0. The van der Waals surface area contributed by atoms with Gasteiger partial charge in [0, 0.05) is 0 Å². The van der Waals surface area contributed by atoms with Gasteiger partial charge in [0.25, 0.3) is 0 Å². The van der Waals surface area contributed by atoms with Crippen molar-refractivity contribution in [1.82, 2.24) is 0 Å². The predicted molar refractivity (Wildman–Crippen MR) is 106 cm³/mol. The first-order valence-corrected chi connectivity index (χ1v) is 10.1. The van der Waals surface area contributed by atoms with E-state index in [1.807, 2.05) is 6.07 Å². The number of hydrogen-bond acceptors (Lipinski definition) is 4. The summed E-state index contributed by atoms with van der Waals surface area (Å²) in [5, 5.41) is 0. The Morgan fingerprint density at radius 1 is 0.885 bits per heavy atom. The molecule has 0 radical (unpaired) electrons. The molecule has 0 aliphatic heterocycles. The first-order valence-electron chi connectivity index (χ1n) is 10.1. The minimum Gasteiger partial charge on any atom is -0.489 e. The lowest BCUT2D eigenvalue weighted by molar-refractivity contribution is 0.0600. The largest absolute Gasteiger partial charge is 0.489 e. The molecule has 1 aromatic carbocycles. The molecular formula is C22H36O4. The summed E-state index contributed by atoms with van der Waals surface area (Å²) in [6.45, 7) is 10.1. The van der Waals surface area contributed by atoms with Crippen LogP contribution in [0.15, 0.2) is 18.2 Å². The first kappa shape index (κ1) is 22.3. The second kappa shape index (κ2) is 12.6. The van der Waals surface area contributed by atoms with Gasteiger partial charge in [0.05, 0.1) is 25.9 Å². The van der Waals surface area contributed by atoms with Crippen LogP contribution < -0.4 is 9.47 Å². The van der Waals surface area contributed by atoms with E-state index in [1.165, 1.54) is 7.11 Å². The maximum absolute atomic E-state index is 11.9. The molecule has 0 aromatic heterocycles. The van der Waals surface area contributed by atoms with E-state index < -0.39 is 0 Å². The second-order valence-corrected chi connectivity index (χ2v) is 6.90. The third-order valence-corrected chi connectivity index (χ3v) is 4.86. The Kier molecular flexibility index (Phi) is 10.8. The molecular weight excluding hydrogens is 328 g/mol. The third-order valence-electron chi connectivity index (χ3n) is 4.86. The van der Waals surface area contributed by atoms with E-state index in [4.69, 9.17) is 14.2 Å². The van der Waals surface area contributed by atoms with Gasteiger partial charge in [-0.25, -0.2) is 4.79 Å². The maximum Gasteiger partial charge on any atom is 0.337 e. The Bertz CT molecular complexity index is 527. The third kappa shape index (κ3) is 7.27. The van der Waals surface area contributed by atoms with Crippen LogP contribution >= 0.6 is 0 Å². The van der Waals surface area contributed by atoms with Gasteiger partial charge >= 0.3 is 5.97 Å². The van der Waals surface area contributed by atoms with E-state index >= 15 is 0 Å². The van der Waals surface area contributed by atoms with Crippen molar-refractivity contribution in [3.8, 4) is 11.5 Å². The van der Waals surface area contributed by atoms with Crippen molar-refractivity contribution in [3.63, 3.8) is 0 Å². The molecule has 0 bridgehead atoms. The summed E-state index contributed by atoms with van der Waals surface area (Å²) in [6.07, 6.45) is 6.76. The number of carbonyl (C=O) groups is 1. The fraction of sp³-hybridized carbons (Fsp3) is 0.682. The van der Waals surface area contributed by atoms with Gasteiger partial charge < -0.3 is 14.2 Å². The van der Waals surface area contributed by atoms with Crippen LogP contribution in [-0.2, 0) is 4.74 Å². The highest BCUT2D eigenvalue weighted by molar-refractivity contribution is 5.90. The molecule has 0 amide bonds. The molecule has 0 aliphatic carbocycles. The van der Waals surface area contributed by atoms with Crippen LogP contribution in [0.1, 0.15) is 76.6 Å². The van der Waals surface area contributed by atoms with Gasteiger partial charge in [0.2, 0.25) is 0 Å². The zero-order valence-corrected chi connectivity index (χ0v) is 17.2. The van der Waals surface area contributed by atoms with Crippen molar-refractivity contribution in [1.29, 1.82) is 0 Å². The molecule has 0 saturated heterocycles. The second-order valence-electron chi connectivity index (χ2n) is 6.90. The fourth-order valence-corrected chi connectivity index (χ4v) is 3.03. The highest BCUT2D eigenvalue weighted by Crippen LogP contribution is 2.31. The van der Waals surface area contributed by atoms with Gasteiger partial charge in [-0.2, -0.15) is 0 Å². The molecule has 0 N–H and O–H groups in total. The molecule has 2 unspecified atom stereocenters. The normalized spacial score (nSPS) is 13.1. The van der Waals surface area contributed by atoms with Crippen molar-refractivity contribution in [2.75, 3.05) is 20.3 Å². The Labute approximate surface area is 159 Å². The van der Waals surface area contributed by atoms with Crippen molar-refractivity contribution in [2.24, 2.45) is 11.8 Å². The number of carbonyl (C=O) groups excluding carboxylic acids is 1. The number of hydrogen-bond donors (Lipinski definition) is 0. The summed E-state index contributed by atoms with van der Waals surface area (Å²) in [7, 11) is 1.39. The summed E-state index contributed by atoms with van der Waals surface area (Å²) in [5.74, 6) is 2.03. The average molecular weight is 365 g/mol. The zero-order valence-electron chi connectivity index (χ0n) is 17.2. The molecule has 0 aliphatic rings. The Morgan fingerprint density at radius 3 is 1.88 bits per heavy atom.